The molecule has 106 valence electrons. The van der Waals surface area contributed by atoms with Gasteiger partial charge in [0, 0.05) is 12.2 Å². The number of nitrogens with one attached hydrogen (secondary N) is 1. The minimum atomic E-state index is -0.583. The largest absolute Gasteiger partial charge is 0.387 e. The van der Waals surface area contributed by atoms with Gasteiger partial charge in [-0.3, -0.25) is 0 Å². The fraction of sp³-hybridized carbons (Fsp3) is 0.294. The molecule has 0 spiro atoms. The summed E-state index contributed by atoms with van der Waals surface area (Å²) in [5.74, 6) is -0.263. The molecule has 0 fully saturated rings. The normalized spacial score (nSPS) is 12.2. The molecule has 0 amide bonds. The van der Waals surface area contributed by atoms with E-state index in [0.29, 0.717) is 6.54 Å². The van der Waals surface area contributed by atoms with Gasteiger partial charge in [0.2, 0.25) is 0 Å². The molecule has 1 atom stereocenters. The first-order valence-corrected chi connectivity index (χ1v) is 6.72. The van der Waals surface area contributed by atoms with E-state index >= 15 is 0 Å². The second-order valence-corrected chi connectivity index (χ2v) is 5.22. The molecule has 0 aliphatic heterocycles. The Kier molecular flexibility index (Phi) is 4.40. The third-order valence-corrected chi connectivity index (χ3v) is 3.42. The first-order chi connectivity index (χ1) is 9.47. The zero-order chi connectivity index (χ0) is 14.7. The predicted molar refractivity (Wildman–Crippen MR) is 80.5 cm³/mol. The van der Waals surface area contributed by atoms with Crippen molar-refractivity contribution in [2.45, 2.75) is 26.9 Å². The molecule has 2 N–H and O–H groups in total. The number of halogens is 1. The number of benzene rings is 2. The molecule has 20 heavy (non-hydrogen) atoms. The van der Waals surface area contributed by atoms with Crippen molar-refractivity contribution in [2.24, 2.45) is 0 Å². The Labute approximate surface area is 119 Å². The maximum atomic E-state index is 12.8. The van der Waals surface area contributed by atoms with Crippen LogP contribution in [-0.2, 0) is 0 Å². The van der Waals surface area contributed by atoms with Gasteiger partial charge in [-0.15, -0.1) is 0 Å². The Morgan fingerprint density at radius 3 is 2.15 bits per heavy atom. The zero-order valence-corrected chi connectivity index (χ0v) is 12.1. The third-order valence-electron chi connectivity index (χ3n) is 3.42. The lowest BCUT2D eigenvalue weighted by molar-refractivity contribution is 0.190. The molecule has 0 aromatic heterocycles. The van der Waals surface area contributed by atoms with E-state index in [0.717, 1.165) is 22.4 Å². The molecule has 1 unspecified atom stereocenters. The van der Waals surface area contributed by atoms with E-state index in [2.05, 4.69) is 17.4 Å². The molecule has 3 heteroatoms. The zero-order valence-electron chi connectivity index (χ0n) is 12.1. The van der Waals surface area contributed by atoms with Crippen LogP contribution >= 0.6 is 0 Å². The number of aliphatic hydroxyl groups is 1. The summed E-state index contributed by atoms with van der Waals surface area (Å²) in [6.07, 6.45) is -0.583. The minimum Gasteiger partial charge on any atom is -0.387 e. The maximum absolute atomic E-state index is 12.8. The molecule has 0 aliphatic rings. The second kappa shape index (κ2) is 6.06. The Bertz CT molecular complexity index is 569. The van der Waals surface area contributed by atoms with Gasteiger partial charge < -0.3 is 10.4 Å². The molecule has 2 rings (SSSR count). The number of anilines is 1. The van der Waals surface area contributed by atoms with Crippen LogP contribution in [0.2, 0.25) is 0 Å². The summed E-state index contributed by atoms with van der Waals surface area (Å²) in [7, 11) is 0. The molecule has 0 saturated carbocycles. The number of aliphatic hydroxyl groups excluding tert-OH is 1. The summed E-state index contributed by atoms with van der Waals surface area (Å²) in [4.78, 5) is 0. The number of rotatable bonds is 4. The van der Waals surface area contributed by atoms with Gasteiger partial charge in [0.15, 0.2) is 0 Å². The van der Waals surface area contributed by atoms with Crippen molar-refractivity contribution in [3.8, 4) is 0 Å². The first-order valence-electron chi connectivity index (χ1n) is 6.72. The van der Waals surface area contributed by atoms with Crippen LogP contribution in [0.1, 0.15) is 28.4 Å². The summed E-state index contributed by atoms with van der Waals surface area (Å²) in [5.41, 5.74) is 5.15. The molecule has 0 aliphatic carbocycles. The van der Waals surface area contributed by atoms with Gasteiger partial charge in [0.05, 0.1) is 6.10 Å². The summed E-state index contributed by atoms with van der Waals surface area (Å²) < 4.78 is 12.8. The molecule has 2 aromatic carbocycles. The van der Waals surface area contributed by atoms with Crippen LogP contribution in [0.15, 0.2) is 36.4 Å². The van der Waals surface area contributed by atoms with Crippen molar-refractivity contribution in [1.29, 1.82) is 0 Å². The van der Waals surface area contributed by atoms with Crippen molar-refractivity contribution >= 4 is 5.69 Å². The van der Waals surface area contributed by atoms with Crippen LogP contribution in [0.3, 0.4) is 0 Å². The molecule has 2 aromatic rings. The van der Waals surface area contributed by atoms with Gasteiger partial charge in [0.1, 0.15) is 5.82 Å². The summed E-state index contributed by atoms with van der Waals surface area (Å²) in [5, 5.41) is 13.5. The van der Waals surface area contributed by atoms with E-state index in [1.807, 2.05) is 20.8 Å². The summed E-state index contributed by atoms with van der Waals surface area (Å²) in [6, 6.07) is 10.3. The molecule has 0 bridgehead atoms. The molecule has 0 heterocycles. The smallest absolute Gasteiger partial charge is 0.123 e. The SMILES string of the molecule is Cc1cc(C)c(C(O)CNc2ccc(F)cc2)c(C)c1. The number of hydrogen-bond acceptors (Lipinski definition) is 2. The van der Waals surface area contributed by atoms with Gasteiger partial charge in [-0.25, -0.2) is 4.39 Å². The van der Waals surface area contributed by atoms with Crippen molar-refractivity contribution in [2.75, 3.05) is 11.9 Å². The summed E-state index contributed by atoms with van der Waals surface area (Å²) in [6.45, 7) is 6.47. The van der Waals surface area contributed by atoms with Crippen molar-refractivity contribution < 1.29 is 9.50 Å². The van der Waals surface area contributed by atoms with E-state index in [9.17, 15) is 9.50 Å². The average molecular weight is 273 g/mol. The molecular weight excluding hydrogens is 253 g/mol. The Morgan fingerprint density at radius 1 is 1.05 bits per heavy atom. The molecule has 0 saturated heterocycles. The van der Waals surface area contributed by atoms with Crippen LogP contribution in [-0.4, -0.2) is 11.7 Å². The van der Waals surface area contributed by atoms with E-state index in [4.69, 9.17) is 0 Å². The molecular formula is C17H20FNO. The van der Waals surface area contributed by atoms with Crippen LogP contribution in [0.4, 0.5) is 10.1 Å². The van der Waals surface area contributed by atoms with Gasteiger partial charge in [-0.05, 0) is 61.7 Å². The van der Waals surface area contributed by atoms with E-state index in [1.165, 1.54) is 17.7 Å². The molecule has 0 radical (unpaired) electrons. The highest BCUT2D eigenvalue weighted by atomic mass is 19.1. The first kappa shape index (κ1) is 14.5. The monoisotopic (exact) mass is 273 g/mol. The van der Waals surface area contributed by atoms with Crippen molar-refractivity contribution in [3.05, 3.63) is 64.5 Å². The van der Waals surface area contributed by atoms with Gasteiger partial charge >= 0.3 is 0 Å². The Hall–Kier alpha value is -1.87. The van der Waals surface area contributed by atoms with Crippen LogP contribution in [0.25, 0.3) is 0 Å². The topological polar surface area (TPSA) is 32.3 Å². The van der Waals surface area contributed by atoms with Crippen LogP contribution in [0.5, 0.6) is 0 Å². The fourth-order valence-electron chi connectivity index (χ4n) is 2.60. The minimum absolute atomic E-state index is 0.263. The van der Waals surface area contributed by atoms with E-state index in [-0.39, 0.29) is 5.82 Å². The quantitative estimate of drug-likeness (QED) is 0.885. The average Bonchev–Trinajstić information content (AvgIpc) is 2.37. The Balaban J connectivity index is 2.09. The van der Waals surface area contributed by atoms with Gasteiger partial charge in [0.25, 0.3) is 0 Å². The standard InChI is InChI=1S/C17H20FNO/c1-11-8-12(2)17(13(3)9-11)16(20)10-19-15-6-4-14(18)5-7-15/h4-9,16,19-20H,10H2,1-3H3. The highest BCUT2D eigenvalue weighted by Gasteiger charge is 2.13. The van der Waals surface area contributed by atoms with Crippen LogP contribution in [0, 0.1) is 26.6 Å². The Morgan fingerprint density at radius 2 is 1.60 bits per heavy atom. The lowest BCUT2D eigenvalue weighted by Crippen LogP contribution is -2.14. The lowest BCUT2D eigenvalue weighted by Gasteiger charge is -2.18. The molecule has 2 nitrogen and oxygen atoms in total. The maximum Gasteiger partial charge on any atom is 0.123 e. The number of hydrogen-bond donors (Lipinski definition) is 2. The van der Waals surface area contributed by atoms with Crippen molar-refractivity contribution in [1.82, 2.24) is 0 Å². The second-order valence-electron chi connectivity index (χ2n) is 5.22. The predicted octanol–water partition coefficient (Wildman–Crippen LogP) is 3.90. The van der Waals surface area contributed by atoms with E-state index in [1.54, 1.807) is 12.1 Å². The van der Waals surface area contributed by atoms with Crippen molar-refractivity contribution in [3.63, 3.8) is 0 Å². The van der Waals surface area contributed by atoms with Gasteiger partial charge in [-0.1, -0.05) is 17.7 Å². The van der Waals surface area contributed by atoms with Crippen LogP contribution < -0.4 is 5.32 Å². The summed E-state index contributed by atoms with van der Waals surface area (Å²) >= 11 is 0. The lowest BCUT2D eigenvalue weighted by atomic mass is 9.95. The number of aryl methyl sites for hydroxylation is 3. The fourth-order valence-corrected chi connectivity index (χ4v) is 2.60. The highest BCUT2D eigenvalue weighted by molar-refractivity contribution is 5.44. The van der Waals surface area contributed by atoms with E-state index < -0.39 is 6.10 Å². The van der Waals surface area contributed by atoms with Gasteiger partial charge in [-0.2, -0.15) is 0 Å². The third kappa shape index (κ3) is 3.36. The highest BCUT2D eigenvalue weighted by Crippen LogP contribution is 2.24.